The van der Waals surface area contributed by atoms with Crippen molar-refractivity contribution >= 4 is 11.3 Å². The third kappa shape index (κ3) is 5.48. The maximum atomic E-state index is 5.69. The lowest BCUT2D eigenvalue weighted by atomic mass is 10.0. The van der Waals surface area contributed by atoms with Crippen molar-refractivity contribution in [2.75, 3.05) is 39.5 Å². The van der Waals surface area contributed by atoms with E-state index in [1.165, 1.54) is 4.88 Å². The average Bonchev–Trinajstić information content (AvgIpc) is 2.92. The normalized spacial score (nSPS) is 17.1. The molecule has 1 N–H and O–H groups in total. The van der Waals surface area contributed by atoms with E-state index in [9.17, 15) is 0 Å². The molecule has 3 nitrogen and oxygen atoms in total. The van der Waals surface area contributed by atoms with E-state index < -0.39 is 0 Å². The monoisotopic (exact) mass is 269 g/mol. The summed E-state index contributed by atoms with van der Waals surface area (Å²) < 4.78 is 11.0. The molecule has 4 heteroatoms. The lowest BCUT2D eigenvalue weighted by Crippen LogP contribution is -2.25. The van der Waals surface area contributed by atoms with Gasteiger partial charge in [0.2, 0.25) is 0 Å². The highest BCUT2D eigenvalue weighted by atomic mass is 32.1. The van der Waals surface area contributed by atoms with Gasteiger partial charge >= 0.3 is 0 Å². The number of thiophene rings is 1. The van der Waals surface area contributed by atoms with Gasteiger partial charge in [-0.3, -0.25) is 0 Å². The molecule has 0 aliphatic carbocycles. The van der Waals surface area contributed by atoms with Crippen LogP contribution in [0.25, 0.3) is 0 Å². The first-order valence-electron chi connectivity index (χ1n) is 6.84. The van der Waals surface area contributed by atoms with Gasteiger partial charge in [-0.15, -0.1) is 11.3 Å². The van der Waals surface area contributed by atoms with Gasteiger partial charge in [0.05, 0.1) is 6.61 Å². The van der Waals surface area contributed by atoms with Crippen LogP contribution in [0, 0.1) is 5.92 Å². The topological polar surface area (TPSA) is 30.5 Å². The summed E-state index contributed by atoms with van der Waals surface area (Å²) in [6.07, 6.45) is 3.44. The zero-order chi connectivity index (χ0) is 12.5. The average molecular weight is 269 g/mol. The van der Waals surface area contributed by atoms with Crippen molar-refractivity contribution in [3.63, 3.8) is 0 Å². The number of hydrogen-bond donors (Lipinski definition) is 1. The Morgan fingerprint density at radius 1 is 1.33 bits per heavy atom. The lowest BCUT2D eigenvalue weighted by Gasteiger charge is -2.21. The van der Waals surface area contributed by atoms with E-state index in [0.717, 1.165) is 58.8 Å². The van der Waals surface area contributed by atoms with Crippen molar-refractivity contribution in [3.8, 4) is 0 Å². The molecule has 0 bridgehead atoms. The summed E-state index contributed by atoms with van der Waals surface area (Å²) in [5.41, 5.74) is 0. The molecule has 0 atom stereocenters. The van der Waals surface area contributed by atoms with Crippen LogP contribution >= 0.6 is 11.3 Å². The molecule has 1 aliphatic heterocycles. The van der Waals surface area contributed by atoms with Crippen molar-refractivity contribution in [1.29, 1.82) is 0 Å². The zero-order valence-electron chi connectivity index (χ0n) is 10.9. The first-order chi connectivity index (χ1) is 8.95. The summed E-state index contributed by atoms with van der Waals surface area (Å²) in [5, 5.41) is 5.55. The molecule has 0 spiro atoms. The number of rotatable bonds is 8. The zero-order valence-corrected chi connectivity index (χ0v) is 11.7. The predicted molar refractivity (Wildman–Crippen MR) is 75.3 cm³/mol. The third-order valence-corrected chi connectivity index (χ3v) is 4.18. The molecule has 0 amide bonds. The third-order valence-electron chi connectivity index (χ3n) is 3.25. The maximum absolute atomic E-state index is 5.69. The summed E-state index contributed by atoms with van der Waals surface area (Å²) in [5.74, 6) is 0.713. The highest BCUT2D eigenvalue weighted by Crippen LogP contribution is 2.14. The van der Waals surface area contributed by atoms with Crippen LogP contribution in [0.15, 0.2) is 17.5 Å². The standard InChI is InChI=1S/C14H23NO2S/c1-2-14(18-11-1)3-6-15-7-10-17-12-13-4-8-16-9-5-13/h1-2,11,13,15H,3-10,12H2. The lowest BCUT2D eigenvalue weighted by molar-refractivity contribution is 0.0214. The first kappa shape index (κ1) is 14.0. The Morgan fingerprint density at radius 2 is 2.22 bits per heavy atom. The highest BCUT2D eigenvalue weighted by molar-refractivity contribution is 7.09. The molecule has 2 heterocycles. The summed E-state index contributed by atoms with van der Waals surface area (Å²) in [6.45, 7) is 5.54. The fourth-order valence-electron chi connectivity index (χ4n) is 2.10. The van der Waals surface area contributed by atoms with Crippen LogP contribution in [0.4, 0.5) is 0 Å². The number of hydrogen-bond acceptors (Lipinski definition) is 4. The second-order valence-electron chi connectivity index (χ2n) is 4.71. The molecular formula is C14H23NO2S. The van der Waals surface area contributed by atoms with Crippen LogP contribution in [-0.2, 0) is 15.9 Å². The second kappa shape index (κ2) is 8.64. The predicted octanol–water partition coefficient (Wildman–Crippen LogP) is 2.32. The summed E-state index contributed by atoms with van der Waals surface area (Å²) in [6, 6.07) is 4.30. The first-order valence-corrected chi connectivity index (χ1v) is 7.71. The van der Waals surface area contributed by atoms with Crippen molar-refractivity contribution in [2.45, 2.75) is 19.3 Å². The van der Waals surface area contributed by atoms with Gasteiger partial charge in [0.25, 0.3) is 0 Å². The second-order valence-corrected chi connectivity index (χ2v) is 5.74. The summed E-state index contributed by atoms with van der Waals surface area (Å²) in [4.78, 5) is 1.45. The van der Waals surface area contributed by atoms with E-state index in [4.69, 9.17) is 9.47 Å². The van der Waals surface area contributed by atoms with E-state index in [0.29, 0.717) is 5.92 Å². The van der Waals surface area contributed by atoms with E-state index in [1.807, 2.05) is 11.3 Å². The van der Waals surface area contributed by atoms with Gasteiger partial charge < -0.3 is 14.8 Å². The SMILES string of the molecule is c1csc(CCNCCOCC2CCOCC2)c1. The van der Waals surface area contributed by atoms with E-state index >= 15 is 0 Å². The van der Waals surface area contributed by atoms with Gasteiger partial charge in [-0.25, -0.2) is 0 Å². The Morgan fingerprint density at radius 3 is 3.00 bits per heavy atom. The Bertz CT molecular complexity index is 297. The minimum atomic E-state index is 0.713. The molecule has 0 radical (unpaired) electrons. The fourth-order valence-corrected chi connectivity index (χ4v) is 2.81. The molecule has 1 fully saturated rings. The van der Waals surface area contributed by atoms with Gasteiger partial charge in [0.15, 0.2) is 0 Å². The van der Waals surface area contributed by atoms with Crippen molar-refractivity contribution in [2.24, 2.45) is 5.92 Å². The molecular weight excluding hydrogens is 246 g/mol. The Kier molecular flexibility index (Phi) is 6.72. The molecule has 18 heavy (non-hydrogen) atoms. The maximum Gasteiger partial charge on any atom is 0.0591 e. The highest BCUT2D eigenvalue weighted by Gasteiger charge is 2.13. The molecule has 1 aromatic heterocycles. The minimum Gasteiger partial charge on any atom is -0.381 e. The number of nitrogens with one attached hydrogen (secondary N) is 1. The fraction of sp³-hybridized carbons (Fsp3) is 0.714. The van der Waals surface area contributed by atoms with Gasteiger partial charge in [0, 0.05) is 37.8 Å². The molecule has 102 valence electrons. The van der Waals surface area contributed by atoms with Gasteiger partial charge in [-0.2, -0.15) is 0 Å². The van der Waals surface area contributed by atoms with Gasteiger partial charge in [-0.1, -0.05) is 6.07 Å². The molecule has 2 rings (SSSR count). The molecule has 1 aromatic rings. The van der Waals surface area contributed by atoms with E-state index in [1.54, 1.807) is 0 Å². The van der Waals surface area contributed by atoms with Crippen molar-refractivity contribution in [3.05, 3.63) is 22.4 Å². The molecule has 0 saturated carbocycles. The van der Waals surface area contributed by atoms with E-state index in [2.05, 4.69) is 22.8 Å². The number of ether oxygens (including phenoxy) is 2. The quantitative estimate of drug-likeness (QED) is 0.735. The van der Waals surface area contributed by atoms with Crippen LogP contribution in [0.1, 0.15) is 17.7 Å². The van der Waals surface area contributed by atoms with Crippen LogP contribution in [0.2, 0.25) is 0 Å². The van der Waals surface area contributed by atoms with Gasteiger partial charge in [0.1, 0.15) is 0 Å². The van der Waals surface area contributed by atoms with Crippen LogP contribution in [0.3, 0.4) is 0 Å². The molecule has 1 aliphatic rings. The molecule has 0 unspecified atom stereocenters. The minimum absolute atomic E-state index is 0.713. The van der Waals surface area contributed by atoms with Gasteiger partial charge in [-0.05, 0) is 36.6 Å². The van der Waals surface area contributed by atoms with Crippen molar-refractivity contribution in [1.82, 2.24) is 5.32 Å². The van der Waals surface area contributed by atoms with E-state index in [-0.39, 0.29) is 0 Å². The van der Waals surface area contributed by atoms with Crippen LogP contribution in [0.5, 0.6) is 0 Å². The van der Waals surface area contributed by atoms with Crippen molar-refractivity contribution < 1.29 is 9.47 Å². The largest absolute Gasteiger partial charge is 0.381 e. The Hall–Kier alpha value is -0.420. The smallest absolute Gasteiger partial charge is 0.0591 e. The summed E-state index contributed by atoms with van der Waals surface area (Å²) in [7, 11) is 0. The van der Waals surface area contributed by atoms with Crippen LogP contribution < -0.4 is 5.32 Å². The summed E-state index contributed by atoms with van der Waals surface area (Å²) >= 11 is 1.83. The molecule has 1 saturated heterocycles. The Labute approximate surface area is 113 Å². The Balaban J connectivity index is 1.39. The molecule has 0 aromatic carbocycles. The van der Waals surface area contributed by atoms with Crippen LogP contribution in [-0.4, -0.2) is 39.5 Å².